The van der Waals surface area contributed by atoms with Crippen molar-refractivity contribution in [3.63, 3.8) is 0 Å². The lowest BCUT2D eigenvalue weighted by atomic mass is 10.0. The van der Waals surface area contributed by atoms with Crippen LogP contribution in [0, 0.1) is 0 Å². The summed E-state index contributed by atoms with van der Waals surface area (Å²) in [6.07, 6.45) is 7.65. The highest BCUT2D eigenvalue weighted by atomic mass is 32.1. The van der Waals surface area contributed by atoms with E-state index in [1.165, 1.54) is 75.7 Å². The van der Waals surface area contributed by atoms with Gasteiger partial charge in [0.15, 0.2) is 5.58 Å². The Balaban J connectivity index is 0.000000790. The summed E-state index contributed by atoms with van der Waals surface area (Å²) in [6, 6.07) is 46.1. The highest BCUT2D eigenvalue weighted by molar-refractivity contribution is 7.26. The molecule has 0 radical (unpaired) electrons. The molecule has 54 heavy (non-hydrogen) atoms. The van der Waals surface area contributed by atoms with Gasteiger partial charge in [0, 0.05) is 42.2 Å². The first-order valence-corrected chi connectivity index (χ1v) is 19.9. The zero-order valence-electron chi connectivity index (χ0n) is 31.8. The van der Waals surface area contributed by atoms with Gasteiger partial charge >= 0.3 is 0 Å². The number of nitrogens with zero attached hydrogens (tertiary/aromatic N) is 2. The normalized spacial score (nSPS) is 12.0. The van der Waals surface area contributed by atoms with Crippen molar-refractivity contribution in [3.05, 3.63) is 151 Å². The summed E-state index contributed by atoms with van der Waals surface area (Å²) in [4.78, 5) is 4.98. The number of benzene rings is 7. The average Bonchev–Trinajstić information content (AvgIpc) is 3.91. The third kappa shape index (κ3) is 5.88. The molecular weight excluding hydrogens is 677 g/mol. The van der Waals surface area contributed by atoms with E-state index in [1.807, 2.05) is 13.8 Å². The molecule has 3 nitrogen and oxygen atoms in total. The van der Waals surface area contributed by atoms with Crippen molar-refractivity contribution in [3.8, 4) is 17.1 Å². The van der Waals surface area contributed by atoms with E-state index in [-0.39, 0.29) is 0 Å². The Morgan fingerprint density at radius 1 is 0.667 bits per heavy atom. The molecule has 10 aromatic rings. The second-order valence-corrected chi connectivity index (χ2v) is 14.4. The van der Waals surface area contributed by atoms with Crippen molar-refractivity contribution in [1.29, 1.82) is 0 Å². The minimum absolute atomic E-state index is 0.633. The first-order chi connectivity index (χ1) is 26.6. The summed E-state index contributed by atoms with van der Waals surface area (Å²) in [5, 5.41) is 9.88. The molecule has 0 bridgehead atoms. The standard InChI is InChI=1S/C45H30N2OS.C3H8.C2H6/c1-3-9-27(4-2)32-16-20-35-41(26-32)49-40-23-21-37-44(43(35)40)48-45(46-37)29-14-18-33(19-15-29)47-38-22-17-28-10-7-8-13-34(28)42(38)36-24-30-11-5-6-12-31(30)25-39(36)47;1-3-2;1-2/h3-26H,1-2H3;3H2,1-2H3;1-2H3/b9-3-,27-4+;;. The van der Waals surface area contributed by atoms with Crippen molar-refractivity contribution in [2.45, 2.75) is 48.0 Å². The minimum atomic E-state index is 0.633. The van der Waals surface area contributed by atoms with Crippen LogP contribution in [0.5, 0.6) is 0 Å². The van der Waals surface area contributed by atoms with Gasteiger partial charge in [0.2, 0.25) is 5.89 Å². The molecule has 3 heterocycles. The first kappa shape index (κ1) is 35.1. The number of aromatic nitrogens is 2. The van der Waals surface area contributed by atoms with Crippen LogP contribution in [0.15, 0.2) is 150 Å². The number of hydrogen-bond acceptors (Lipinski definition) is 3. The Labute approximate surface area is 320 Å². The van der Waals surface area contributed by atoms with Crippen LogP contribution in [0.1, 0.15) is 53.5 Å². The number of hydrogen-bond donors (Lipinski definition) is 0. The lowest BCUT2D eigenvalue weighted by Crippen LogP contribution is -1.94. The van der Waals surface area contributed by atoms with Gasteiger partial charge in [-0.05, 0) is 107 Å². The molecule has 0 fully saturated rings. The highest BCUT2D eigenvalue weighted by Crippen LogP contribution is 2.42. The van der Waals surface area contributed by atoms with Crippen molar-refractivity contribution in [1.82, 2.24) is 9.55 Å². The second-order valence-electron chi connectivity index (χ2n) is 13.3. The summed E-state index contributed by atoms with van der Waals surface area (Å²) in [5.41, 5.74) is 8.61. The van der Waals surface area contributed by atoms with E-state index in [0.717, 1.165) is 27.7 Å². The van der Waals surface area contributed by atoms with Gasteiger partial charge in [-0.15, -0.1) is 11.3 Å². The van der Waals surface area contributed by atoms with Crippen molar-refractivity contribution in [2.24, 2.45) is 0 Å². The first-order valence-electron chi connectivity index (χ1n) is 19.1. The largest absolute Gasteiger partial charge is 0.435 e. The Morgan fingerprint density at radius 2 is 1.39 bits per heavy atom. The van der Waals surface area contributed by atoms with E-state index >= 15 is 0 Å². The fraction of sp³-hybridized carbons (Fsp3) is 0.140. The zero-order valence-corrected chi connectivity index (χ0v) is 32.6. The van der Waals surface area contributed by atoms with Crippen LogP contribution >= 0.6 is 11.3 Å². The molecule has 266 valence electrons. The zero-order chi connectivity index (χ0) is 37.3. The van der Waals surface area contributed by atoms with Crippen LogP contribution in [0.25, 0.3) is 97.3 Å². The maximum absolute atomic E-state index is 6.60. The Morgan fingerprint density at radius 3 is 2.13 bits per heavy atom. The van der Waals surface area contributed by atoms with Crippen LogP contribution in [-0.2, 0) is 0 Å². The van der Waals surface area contributed by atoms with Gasteiger partial charge in [0.05, 0.1) is 11.0 Å². The summed E-state index contributed by atoms with van der Waals surface area (Å²) in [7, 11) is 0. The quantitative estimate of drug-likeness (QED) is 0.170. The molecule has 4 heteroatoms. The van der Waals surface area contributed by atoms with Gasteiger partial charge in [-0.1, -0.05) is 119 Å². The number of rotatable bonds is 4. The van der Waals surface area contributed by atoms with Gasteiger partial charge in [0.25, 0.3) is 0 Å². The predicted molar refractivity (Wildman–Crippen MR) is 237 cm³/mol. The van der Waals surface area contributed by atoms with Crippen LogP contribution < -0.4 is 0 Å². The van der Waals surface area contributed by atoms with Gasteiger partial charge in [0.1, 0.15) is 5.52 Å². The van der Waals surface area contributed by atoms with E-state index in [0.29, 0.717) is 5.89 Å². The topological polar surface area (TPSA) is 31.0 Å². The Hall–Kier alpha value is -5.97. The SMILES string of the molecule is C/C=C\C(=C/C)c1ccc2c(c1)sc1ccc3nc(-c4ccc(-n5c6cc7ccccc7cc6c6c7ccccc7ccc65)cc4)oc3c12.CC.CCC. The summed E-state index contributed by atoms with van der Waals surface area (Å²) < 4.78 is 11.5. The lowest BCUT2D eigenvalue weighted by Gasteiger charge is -2.09. The van der Waals surface area contributed by atoms with Crippen molar-refractivity contribution < 1.29 is 4.42 Å². The Kier molecular flexibility index (Phi) is 9.62. The van der Waals surface area contributed by atoms with Gasteiger partial charge in [-0.3, -0.25) is 0 Å². The third-order valence-corrected chi connectivity index (χ3v) is 11.0. The second kappa shape index (κ2) is 14.8. The van der Waals surface area contributed by atoms with Crippen LogP contribution in [0.4, 0.5) is 0 Å². The molecular formula is C50H44N2OS. The fourth-order valence-corrected chi connectivity index (χ4v) is 8.74. The molecule has 0 aliphatic heterocycles. The summed E-state index contributed by atoms with van der Waals surface area (Å²) in [5.74, 6) is 0.633. The molecule has 7 aromatic carbocycles. The molecule has 0 saturated heterocycles. The molecule has 0 aliphatic rings. The molecule has 3 aromatic heterocycles. The van der Waals surface area contributed by atoms with E-state index in [2.05, 4.69) is 178 Å². The maximum Gasteiger partial charge on any atom is 0.227 e. The molecule has 0 amide bonds. The van der Waals surface area contributed by atoms with Gasteiger partial charge in [-0.2, -0.15) is 0 Å². The summed E-state index contributed by atoms with van der Waals surface area (Å²) >= 11 is 1.80. The van der Waals surface area contributed by atoms with Crippen LogP contribution in [0.3, 0.4) is 0 Å². The molecule has 0 aliphatic carbocycles. The molecule has 0 N–H and O–H groups in total. The number of fused-ring (bicyclic) bond motifs is 11. The molecule has 0 saturated carbocycles. The third-order valence-electron chi connectivity index (χ3n) is 9.88. The van der Waals surface area contributed by atoms with Gasteiger partial charge in [-0.25, -0.2) is 4.98 Å². The lowest BCUT2D eigenvalue weighted by molar-refractivity contribution is 0.623. The van der Waals surface area contributed by atoms with E-state index in [4.69, 9.17) is 9.40 Å². The van der Waals surface area contributed by atoms with Crippen molar-refractivity contribution >= 4 is 91.5 Å². The van der Waals surface area contributed by atoms with E-state index in [9.17, 15) is 0 Å². The number of oxazole rings is 1. The molecule has 0 spiro atoms. The molecule has 0 atom stereocenters. The Bertz CT molecular complexity index is 3020. The van der Waals surface area contributed by atoms with Gasteiger partial charge < -0.3 is 8.98 Å². The number of thiophene rings is 1. The monoisotopic (exact) mass is 720 g/mol. The smallest absolute Gasteiger partial charge is 0.227 e. The van der Waals surface area contributed by atoms with Crippen molar-refractivity contribution in [2.75, 3.05) is 0 Å². The average molecular weight is 721 g/mol. The highest BCUT2D eigenvalue weighted by Gasteiger charge is 2.18. The van der Waals surface area contributed by atoms with Crippen LogP contribution in [0.2, 0.25) is 0 Å². The fourth-order valence-electron chi connectivity index (χ4n) is 7.59. The molecule has 10 rings (SSSR count). The van der Waals surface area contributed by atoms with E-state index < -0.39 is 0 Å². The van der Waals surface area contributed by atoms with E-state index in [1.54, 1.807) is 11.3 Å². The predicted octanol–water partition coefficient (Wildman–Crippen LogP) is 15.7. The minimum Gasteiger partial charge on any atom is -0.435 e. The summed E-state index contributed by atoms with van der Waals surface area (Å²) in [6.45, 7) is 12.4. The van der Waals surface area contributed by atoms with Crippen LogP contribution in [-0.4, -0.2) is 9.55 Å². The molecule has 0 unspecified atom stereocenters. The maximum atomic E-state index is 6.60. The number of allylic oxidation sites excluding steroid dienone is 4.